The maximum atomic E-state index is 11.7. The summed E-state index contributed by atoms with van der Waals surface area (Å²) in [7, 11) is 0. The molecule has 0 bridgehead atoms. The van der Waals surface area contributed by atoms with Crippen LogP contribution in [-0.4, -0.2) is 5.78 Å². The van der Waals surface area contributed by atoms with Gasteiger partial charge >= 0.3 is 0 Å². The monoisotopic (exact) mass is 192 g/mol. The Balaban J connectivity index is 2.74. The Hall–Kier alpha value is -0.850. The Labute approximate surface area is 86.9 Å². The third-order valence-electron chi connectivity index (χ3n) is 2.88. The van der Waals surface area contributed by atoms with Crippen molar-refractivity contribution < 1.29 is 4.79 Å². The molecule has 0 aliphatic heterocycles. The van der Waals surface area contributed by atoms with Crippen molar-refractivity contribution in [3.8, 4) is 0 Å². The fraction of sp³-hybridized carbons (Fsp3) is 0.615. The average Bonchev–Trinajstić information content (AvgIpc) is 2.12. The van der Waals surface area contributed by atoms with E-state index in [2.05, 4.69) is 19.9 Å². The molecule has 0 radical (unpaired) electrons. The molecule has 14 heavy (non-hydrogen) atoms. The largest absolute Gasteiger partial charge is 0.295 e. The van der Waals surface area contributed by atoms with Gasteiger partial charge in [0.25, 0.3) is 0 Å². The van der Waals surface area contributed by atoms with Crippen LogP contribution in [0.2, 0.25) is 0 Å². The summed E-state index contributed by atoms with van der Waals surface area (Å²) in [4.78, 5) is 11.7. The molecule has 0 spiro atoms. The lowest BCUT2D eigenvalue weighted by Crippen LogP contribution is -2.09. The third kappa shape index (κ3) is 3.49. The number of hydrogen-bond acceptors (Lipinski definition) is 1. The van der Waals surface area contributed by atoms with Crippen LogP contribution in [0.25, 0.3) is 0 Å². The number of ketones is 1. The molecule has 1 heteroatoms. The maximum Gasteiger partial charge on any atom is 0.158 e. The second-order valence-electron chi connectivity index (χ2n) is 4.42. The summed E-state index contributed by atoms with van der Waals surface area (Å²) >= 11 is 0. The minimum atomic E-state index is 0.186. The van der Waals surface area contributed by atoms with Gasteiger partial charge in [0, 0.05) is 5.92 Å². The summed E-state index contributed by atoms with van der Waals surface area (Å²) in [5.41, 5.74) is 2.65. The first-order chi connectivity index (χ1) is 6.59. The van der Waals surface area contributed by atoms with Crippen molar-refractivity contribution in [1.29, 1.82) is 0 Å². The number of rotatable bonds is 0. The van der Waals surface area contributed by atoms with Gasteiger partial charge in [0.1, 0.15) is 0 Å². The topological polar surface area (TPSA) is 17.1 Å². The summed E-state index contributed by atoms with van der Waals surface area (Å²) < 4.78 is 0. The smallest absolute Gasteiger partial charge is 0.158 e. The zero-order valence-corrected chi connectivity index (χ0v) is 9.47. The molecular formula is C13H20O. The number of carbonyl (C=O) groups is 1. The van der Waals surface area contributed by atoms with Gasteiger partial charge in [-0.1, -0.05) is 24.1 Å². The minimum Gasteiger partial charge on any atom is -0.295 e. The van der Waals surface area contributed by atoms with Crippen molar-refractivity contribution in [1.82, 2.24) is 0 Å². The lowest BCUT2D eigenvalue weighted by Gasteiger charge is -2.11. The Morgan fingerprint density at radius 1 is 1.21 bits per heavy atom. The fourth-order valence-electron chi connectivity index (χ4n) is 1.69. The summed E-state index contributed by atoms with van der Waals surface area (Å²) in [5, 5.41) is 0. The highest BCUT2D eigenvalue weighted by molar-refractivity contribution is 5.92. The predicted molar refractivity (Wildman–Crippen MR) is 60.2 cm³/mol. The fourth-order valence-corrected chi connectivity index (χ4v) is 1.69. The highest BCUT2D eigenvalue weighted by Crippen LogP contribution is 2.18. The van der Waals surface area contributed by atoms with Crippen LogP contribution < -0.4 is 0 Å². The quantitative estimate of drug-likeness (QED) is 0.535. The Bertz CT molecular complexity index is 271. The van der Waals surface area contributed by atoms with E-state index in [1.807, 2.05) is 13.0 Å². The van der Waals surface area contributed by atoms with Gasteiger partial charge in [0.05, 0.1) is 0 Å². The molecule has 0 aromatic heterocycles. The van der Waals surface area contributed by atoms with Crippen LogP contribution in [0.4, 0.5) is 0 Å². The molecule has 1 nitrogen and oxygen atoms in total. The summed E-state index contributed by atoms with van der Waals surface area (Å²) in [5.74, 6) is 0.489. The first kappa shape index (κ1) is 11.2. The van der Waals surface area contributed by atoms with Gasteiger partial charge in [-0.2, -0.15) is 0 Å². The van der Waals surface area contributed by atoms with E-state index in [1.165, 1.54) is 11.1 Å². The minimum absolute atomic E-state index is 0.186. The number of allylic oxidation sites excluding steroid dienone is 4. The molecule has 0 heterocycles. The van der Waals surface area contributed by atoms with E-state index in [0.717, 1.165) is 25.7 Å². The molecule has 0 amide bonds. The van der Waals surface area contributed by atoms with Gasteiger partial charge in [-0.25, -0.2) is 0 Å². The van der Waals surface area contributed by atoms with E-state index in [9.17, 15) is 4.79 Å². The summed E-state index contributed by atoms with van der Waals surface area (Å²) in [6, 6.07) is 0. The van der Waals surface area contributed by atoms with Crippen LogP contribution in [0.3, 0.4) is 0 Å². The molecule has 0 fully saturated rings. The van der Waals surface area contributed by atoms with E-state index < -0.39 is 0 Å². The predicted octanol–water partition coefficient (Wildman–Crippen LogP) is 3.66. The standard InChI is InChI=1S/C13H20O/c1-10-5-4-6-11(2)9-13(14)12(3)8-7-10/h5,9,12H,4,6-8H2,1-3H3/b10-5+,11-9-/t12-/m0/s1. The van der Waals surface area contributed by atoms with Crippen LogP contribution in [0, 0.1) is 5.92 Å². The van der Waals surface area contributed by atoms with Gasteiger partial charge < -0.3 is 0 Å². The first-order valence-corrected chi connectivity index (χ1v) is 5.46. The average molecular weight is 192 g/mol. The van der Waals surface area contributed by atoms with Gasteiger partial charge in [-0.3, -0.25) is 4.79 Å². The highest BCUT2D eigenvalue weighted by atomic mass is 16.1. The molecular weight excluding hydrogens is 172 g/mol. The molecule has 0 unspecified atom stereocenters. The SMILES string of the molecule is C/C1=C/C(=O)[C@@H](C)CC/C(C)=C/CC1. The Morgan fingerprint density at radius 3 is 2.64 bits per heavy atom. The molecule has 0 aromatic carbocycles. The normalized spacial score (nSPS) is 32.8. The van der Waals surface area contributed by atoms with Crippen molar-refractivity contribution in [3.63, 3.8) is 0 Å². The Kier molecular flexibility index (Phi) is 4.12. The second kappa shape index (κ2) is 5.14. The van der Waals surface area contributed by atoms with E-state index in [1.54, 1.807) is 0 Å². The molecule has 0 aromatic rings. The van der Waals surface area contributed by atoms with Gasteiger partial charge in [-0.05, 0) is 45.6 Å². The van der Waals surface area contributed by atoms with Gasteiger partial charge in [0.15, 0.2) is 5.78 Å². The second-order valence-corrected chi connectivity index (χ2v) is 4.42. The highest BCUT2D eigenvalue weighted by Gasteiger charge is 2.11. The molecule has 1 atom stereocenters. The van der Waals surface area contributed by atoms with Crippen molar-refractivity contribution in [2.24, 2.45) is 5.92 Å². The summed E-state index contributed by atoms with van der Waals surface area (Å²) in [6.45, 7) is 6.24. The summed E-state index contributed by atoms with van der Waals surface area (Å²) in [6.07, 6.45) is 8.30. The van der Waals surface area contributed by atoms with E-state index in [-0.39, 0.29) is 5.92 Å². The molecule has 78 valence electrons. The van der Waals surface area contributed by atoms with Gasteiger partial charge in [-0.15, -0.1) is 0 Å². The molecule has 0 saturated carbocycles. The zero-order valence-electron chi connectivity index (χ0n) is 9.47. The van der Waals surface area contributed by atoms with Crippen molar-refractivity contribution in [3.05, 3.63) is 23.3 Å². The van der Waals surface area contributed by atoms with Crippen LogP contribution >= 0.6 is 0 Å². The molecule has 1 aliphatic rings. The van der Waals surface area contributed by atoms with Gasteiger partial charge in [0.2, 0.25) is 0 Å². The van der Waals surface area contributed by atoms with Crippen LogP contribution in [-0.2, 0) is 4.79 Å². The van der Waals surface area contributed by atoms with E-state index >= 15 is 0 Å². The molecule has 0 saturated heterocycles. The molecule has 1 aliphatic carbocycles. The first-order valence-electron chi connectivity index (χ1n) is 5.46. The molecule has 0 N–H and O–H groups in total. The van der Waals surface area contributed by atoms with Crippen molar-refractivity contribution in [2.75, 3.05) is 0 Å². The van der Waals surface area contributed by atoms with Crippen molar-refractivity contribution >= 4 is 5.78 Å². The van der Waals surface area contributed by atoms with Crippen LogP contribution in [0.15, 0.2) is 23.3 Å². The van der Waals surface area contributed by atoms with E-state index in [0.29, 0.717) is 5.78 Å². The maximum absolute atomic E-state index is 11.7. The zero-order chi connectivity index (χ0) is 10.6. The lowest BCUT2D eigenvalue weighted by atomic mass is 9.94. The van der Waals surface area contributed by atoms with Crippen molar-refractivity contribution in [2.45, 2.75) is 46.5 Å². The van der Waals surface area contributed by atoms with Crippen LogP contribution in [0.5, 0.6) is 0 Å². The number of carbonyl (C=O) groups excluding carboxylic acids is 1. The Morgan fingerprint density at radius 2 is 1.93 bits per heavy atom. The lowest BCUT2D eigenvalue weighted by molar-refractivity contribution is -0.117. The number of hydrogen-bond donors (Lipinski definition) is 0. The van der Waals surface area contributed by atoms with E-state index in [4.69, 9.17) is 0 Å². The van der Waals surface area contributed by atoms with Crippen LogP contribution in [0.1, 0.15) is 46.5 Å². The third-order valence-corrected chi connectivity index (χ3v) is 2.88. The molecule has 1 rings (SSSR count).